The Kier molecular flexibility index (Phi) is 5.27. The summed E-state index contributed by atoms with van der Waals surface area (Å²) in [6, 6.07) is 13.6. The minimum absolute atomic E-state index is 0.233. The van der Waals surface area contributed by atoms with Crippen molar-refractivity contribution < 1.29 is 8.78 Å². The van der Waals surface area contributed by atoms with Gasteiger partial charge in [0.2, 0.25) is 0 Å². The van der Waals surface area contributed by atoms with Crippen LogP contribution in [0.5, 0.6) is 0 Å². The number of hydrogen-bond acceptors (Lipinski definition) is 2. The van der Waals surface area contributed by atoms with E-state index in [-0.39, 0.29) is 17.2 Å². The van der Waals surface area contributed by atoms with Gasteiger partial charge in [0.1, 0.15) is 11.6 Å². The van der Waals surface area contributed by atoms with Crippen LogP contribution in [0.2, 0.25) is 0 Å². The van der Waals surface area contributed by atoms with E-state index in [0.717, 1.165) is 50.1 Å². The highest BCUT2D eigenvalue weighted by Gasteiger charge is 2.39. The molecule has 0 aliphatic carbocycles. The SMILES string of the molecule is CCCC(c1ccc(F)cc1)(c1ccc(F)cc1)N1CCNCC1. The van der Waals surface area contributed by atoms with E-state index in [0.29, 0.717) is 0 Å². The van der Waals surface area contributed by atoms with Crippen molar-refractivity contribution in [1.82, 2.24) is 10.2 Å². The second-order valence-corrected chi connectivity index (χ2v) is 6.36. The van der Waals surface area contributed by atoms with Gasteiger partial charge in [-0.3, -0.25) is 4.90 Å². The maximum Gasteiger partial charge on any atom is 0.123 e. The molecule has 1 heterocycles. The molecule has 0 unspecified atom stereocenters. The van der Waals surface area contributed by atoms with E-state index >= 15 is 0 Å². The number of nitrogens with zero attached hydrogens (tertiary/aromatic N) is 1. The summed E-state index contributed by atoms with van der Waals surface area (Å²) in [5.74, 6) is -0.466. The highest BCUT2D eigenvalue weighted by atomic mass is 19.1. The summed E-state index contributed by atoms with van der Waals surface area (Å²) in [6.07, 6.45) is 1.89. The standard InChI is InChI=1S/C20H24F2N2/c1-2-11-20(24-14-12-23-13-15-24,16-3-7-18(21)8-4-16)17-5-9-19(22)10-6-17/h3-10,23H,2,11-15H2,1H3. The second kappa shape index (κ2) is 7.41. The maximum atomic E-state index is 13.5. The zero-order valence-corrected chi connectivity index (χ0v) is 14.1. The van der Waals surface area contributed by atoms with Crippen molar-refractivity contribution in [1.29, 1.82) is 0 Å². The Labute approximate surface area is 142 Å². The van der Waals surface area contributed by atoms with E-state index in [1.807, 2.05) is 24.3 Å². The summed E-state index contributed by atoms with van der Waals surface area (Å²) in [5.41, 5.74) is 1.79. The van der Waals surface area contributed by atoms with E-state index in [4.69, 9.17) is 0 Å². The van der Waals surface area contributed by atoms with Gasteiger partial charge in [0, 0.05) is 26.2 Å². The first-order valence-corrected chi connectivity index (χ1v) is 8.64. The number of rotatable bonds is 5. The van der Waals surface area contributed by atoms with Crippen LogP contribution in [0.4, 0.5) is 8.78 Å². The number of piperazine rings is 1. The van der Waals surface area contributed by atoms with Crippen molar-refractivity contribution in [3.05, 3.63) is 71.3 Å². The molecule has 0 amide bonds. The Morgan fingerprint density at radius 1 is 0.875 bits per heavy atom. The molecule has 2 nitrogen and oxygen atoms in total. The molecule has 1 aliphatic rings. The van der Waals surface area contributed by atoms with Gasteiger partial charge >= 0.3 is 0 Å². The van der Waals surface area contributed by atoms with Crippen LogP contribution in [0, 0.1) is 11.6 Å². The van der Waals surface area contributed by atoms with E-state index in [1.54, 1.807) is 0 Å². The van der Waals surface area contributed by atoms with E-state index in [2.05, 4.69) is 17.1 Å². The van der Waals surface area contributed by atoms with Crippen LogP contribution >= 0.6 is 0 Å². The van der Waals surface area contributed by atoms with Crippen LogP contribution in [0.25, 0.3) is 0 Å². The topological polar surface area (TPSA) is 15.3 Å². The molecule has 2 aromatic rings. The number of hydrogen-bond donors (Lipinski definition) is 1. The molecule has 1 fully saturated rings. The number of nitrogens with one attached hydrogen (secondary N) is 1. The van der Waals surface area contributed by atoms with Gasteiger partial charge in [0.15, 0.2) is 0 Å². The fourth-order valence-corrected chi connectivity index (χ4v) is 3.84. The Balaban J connectivity index is 2.15. The fraction of sp³-hybridized carbons (Fsp3) is 0.400. The summed E-state index contributed by atoms with van der Waals surface area (Å²) >= 11 is 0. The average Bonchev–Trinajstić information content (AvgIpc) is 2.62. The Hall–Kier alpha value is -1.78. The predicted molar refractivity (Wildman–Crippen MR) is 92.9 cm³/mol. The third-order valence-electron chi connectivity index (χ3n) is 4.91. The first-order chi connectivity index (χ1) is 11.7. The van der Waals surface area contributed by atoms with Crippen LogP contribution < -0.4 is 5.32 Å². The molecule has 3 rings (SSSR count). The minimum atomic E-state index is -0.349. The van der Waals surface area contributed by atoms with Crippen molar-refractivity contribution in [2.45, 2.75) is 25.3 Å². The van der Waals surface area contributed by atoms with Gasteiger partial charge in [0.05, 0.1) is 5.54 Å². The lowest BCUT2D eigenvalue weighted by Crippen LogP contribution is -2.55. The average molecular weight is 330 g/mol. The maximum absolute atomic E-state index is 13.5. The van der Waals surface area contributed by atoms with Crippen molar-refractivity contribution in [2.24, 2.45) is 0 Å². The van der Waals surface area contributed by atoms with Crippen molar-refractivity contribution in [3.8, 4) is 0 Å². The molecule has 1 aliphatic heterocycles. The summed E-state index contributed by atoms with van der Waals surface area (Å²) in [5, 5.41) is 3.39. The first-order valence-electron chi connectivity index (χ1n) is 8.64. The minimum Gasteiger partial charge on any atom is -0.314 e. The predicted octanol–water partition coefficient (Wildman–Crippen LogP) is 3.91. The molecule has 2 aromatic carbocycles. The van der Waals surface area contributed by atoms with Crippen molar-refractivity contribution >= 4 is 0 Å². The number of halogens is 2. The molecule has 128 valence electrons. The van der Waals surface area contributed by atoms with Crippen LogP contribution in [0.15, 0.2) is 48.5 Å². The van der Waals surface area contributed by atoms with Gasteiger partial charge in [-0.2, -0.15) is 0 Å². The zero-order chi connectivity index (χ0) is 17.0. The summed E-state index contributed by atoms with van der Waals surface area (Å²) in [4.78, 5) is 2.45. The third-order valence-corrected chi connectivity index (χ3v) is 4.91. The normalized spacial score (nSPS) is 16.3. The Bertz CT molecular complexity index is 601. The van der Waals surface area contributed by atoms with Crippen LogP contribution in [0.1, 0.15) is 30.9 Å². The molecular formula is C20H24F2N2. The first kappa shape index (κ1) is 17.1. The summed E-state index contributed by atoms with van der Waals surface area (Å²) < 4.78 is 27.0. The molecule has 1 saturated heterocycles. The Morgan fingerprint density at radius 3 is 1.75 bits per heavy atom. The molecule has 0 saturated carbocycles. The fourth-order valence-electron chi connectivity index (χ4n) is 3.84. The van der Waals surface area contributed by atoms with Gasteiger partial charge in [-0.1, -0.05) is 37.6 Å². The lowest BCUT2D eigenvalue weighted by molar-refractivity contribution is 0.0954. The molecule has 1 N–H and O–H groups in total. The highest BCUT2D eigenvalue weighted by Crippen LogP contribution is 2.40. The number of benzene rings is 2. The van der Waals surface area contributed by atoms with Crippen LogP contribution in [0.3, 0.4) is 0 Å². The van der Waals surface area contributed by atoms with Crippen LogP contribution in [-0.4, -0.2) is 31.1 Å². The quantitative estimate of drug-likeness (QED) is 0.894. The summed E-state index contributed by atoms with van der Waals surface area (Å²) in [6.45, 7) is 5.83. The third kappa shape index (κ3) is 3.21. The molecular weight excluding hydrogens is 306 g/mol. The molecule has 24 heavy (non-hydrogen) atoms. The molecule has 0 spiro atoms. The van der Waals surface area contributed by atoms with Crippen molar-refractivity contribution in [2.75, 3.05) is 26.2 Å². The van der Waals surface area contributed by atoms with Crippen LogP contribution in [-0.2, 0) is 5.54 Å². The molecule has 4 heteroatoms. The highest BCUT2D eigenvalue weighted by molar-refractivity contribution is 5.39. The molecule has 0 aromatic heterocycles. The lowest BCUT2D eigenvalue weighted by atomic mass is 9.77. The molecule has 0 atom stereocenters. The lowest BCUT2D eigenvalue weighted by Gasteiger charge is -2.47. The molecule has 0 radical (unpaired) electrons. The monoisotopic (exact) mass is 330 g/mol. The summed E-state index contributed by atoms with van der Waals surface area (Å²) in [7, 11) is 0. The van der Waals surface area contributed by atoms with Gasteiger partial charge in [0.25, 0.3) is 0 Å². The van der Waals surface area contributed by atoms with Gasteiger partial charge < -0.3 is 5.32 Å². The van der Waals surface area contributed by atoms with E-state index in [9.17, 15) is 8.78 Å². The van der Waals surface area contributed by atoms with Crippen molar-refractivity contribution in [3.63, 3.8) is 0 Å². The van der Waals surface area contributed by atoms with Gasteiger partial charge in [-0.25, -0.2) is 8.78 Å². The second-order valence-electron chi connectivity index (χ2n) is 6.36. The smallest absolute Gasteiger partial charge is 0.123 e. The molecule has 0 bridgehead atoms. The van der Waals surface area contributed by atoms with E-state index < -0.39 is 0 Å². The van der Waals surface area contributed by atoms with Gasteiger partial charge in [-0.15, -0.1) is 0 Å². The van der Waals surface area contributed by atoms with E-state index in [1.165, 1.54) is 24.3 Å². The van der Waals surface area contributed by atoms with Gasteiger partial charge in [-0.05, 0) is 41.8 Å². The zero-order valence-electron chi connectivity index (χ0n) is 14.1. The largest absolute Gasteiger partial charge is 0.314 e. The Morgan fingerprint density at radius 2 is 1.33 bits per heavy atom.